The molecule has 2 aliphatic carbocycles. The zero-order valence-electron chi connectivity index (χ0n) is 29.3. The van der Waals surface area contributed by atoms with Crippen LogP contribution in [0.5, 0.6) is 0 Å². The summed E-state index contributed by atoms with van der Waals surface area (Å²) in [4.78, 5) is 3.61. The van der Waals surface area contributed by atoms with Crippen LogP contribution in [0, 0.1) is 20.8 Å². The van der Waals surface area contributed by atoms with E-state index in [0.29, 0.717) is 0 Å². The van der Waals surface area contributed by atoms with Crippen molar-refractivity contribution in [2.75, 3.05) is 12.1 Å². The van der Waals surface area contributed by atoms with E-state index in [-0.39, 0.29) is 5.41 Å². The Kier molecular flexibility index (Phi) is 17.4. The monoisotopic (exact) mass is 569 g/mol. The molecule has 0 atom stereocenters. The largest absolute Gasteiger partial charge is 0.301 e. The number of fused-ring (bicyclic) bond motifs is 3. The van der Waals surface area contributed by atoms with E-state index in [9.17, 15) is 0 Å². The van der Waals surface area contributed by atoms with Crippen molar-refractivity contribution in [2.24, 2.45) is 10.8 Å². The van der Waals surface area contributed by atoms with Crippen molar-refractivity contribution in [1.29, 1.82) is 0 Å². The lowest BCUT2D eigenvalue weighted by atomic mass is 9.78. The summed E-state index contributed by atoms with van der Waals surface area (Å²) >= 11 is 0. The normalized spacial score (nSPS) is 14.9. The highest BCUT2D eigenvalue weighted by Crippen LogP contribution is 2.49. The van der Waals surface area contributed by atoms with Gasteiger partial charge in [-0.15, -0.1) is 5.73 Å². The summed E-state index contributed by atoms with van der Waals surface area (Å²) in [5, 5.41) is 1.71. The molecule has 3 aliphatic rings. The predicted octanol–water partition coefficient (Wildman–Crippen LogP) is 10.9. The van der Waals surface area contributed by atoms with Crippen LogP contribution >= 0.6 is 0 Å². The first-order valence-corrected chi connectivity index (χ1v) is 15.4. The van der Waals surface area contributed by atoms with E-state index in [4.69, 9.17) is 5.84 Å². The third-order valence-electron chi connectivity index (χ3n) is 7.40. The maximum absolute atomic E-state index is 6.21. The molecule has 1 aliphatic heterocycles. The molecular formula is C39H59N3. The molecule has 0 unspecified atom stereocenters. The third kappa shape index (κ3) is 10.5. The van der Waals surface area contributed by atoms with Gasteiger partial charge in [0.1, 0.15) is 0 Å². The van der Waals surface area contributed by atoms with E-state index in [1.165, 1.54) is 56.5 Å². The highest BCUT2D eigenvalue weighted by atomic mass is 15.4. The van der Waals surface area contributed by atoms with E-state index in [0.717, 1.165) is 17.8 Å². The summed E-state index contributed by atoms with van der Waals surface area (Å²) in [6.45, 7) is 31.4. The van der Waals surface area contributed by atoms with Crippen LogP contribution in [0.2, 0.25) is 0 Å². The molecule has 0 bridgehead atoms. The minimum atomic E-state index is 0.0745. The molecule has 3 nitrogen and oxygen atoms in total. The molecule has 2 aromatic carbocycles. The average molecular weight is 570 g/mol. The Bertz CT molecular complexity index is 1270. The quantitative estimate of drug-likeness (QED) is 0.195. The van der Waals surface area contributed by atoms with Gasteiger partial charge in [0.25, 0.3) is 0 Å². The topological polar surface area (TPSA) is 41.6 Å². The van der Waals surface area contributed by atoms with Gasteiger partial charge in [-0.25, -0.2) is 5.84 Å². The van der Waals surface area contributed by atoms with Crippen LogP contribution in [-0.2, 0) is 11.8 Å². The Hall–Kier alpha value is -3.39. The molecule has 3 heteroatoms. The number of hydrogen-bond acceptors (Lipinski definition) is 3. The van der Waals surface area contributed by atoms with E-state index < -0.39 is 0 Å². The number of anilines is 1. The van der Waals surface area contributed by atoms with E-state index in [2.05, 4.69) is 109 Å². The Labute approximate surface area is 259 Å². The molecule has 0 saturated carbocycles. The molecule has 5 rings (SSSR count). The molecule has 2 N–H and O–H groups in total. The van der Waals surface area contributed by atoms with E-state index in [1.54, 1.807) is 18.3 Å². The molecule has 1 heterocycles. The summed E-state index contributed by atoms with van der Waals surface area (Å²) in [6.07, 6.45) is 10.0. The van der Waals surface area contributed by atoms with Gasteiger partial charge in [0.05, 0.1) is 11.4 Å². The lowest BCUT2D eigenvalue weighted by Crippen LogP contribution is -2.30. The number of benzene rings is 2. The van der Waals surface area contributed by atoms with Crippen molar-refractivity contribution in [3.63, 3.8) is 0 Å². The van der Waals surface area contributed by atoms with Crippen molar-refractivity contribution in [3.8, 4) is 0 Å². The van der Waals surface area contributed by atoms with E-state index in [1.807, 2.05) is 46.8 Å². The Morgan fingerprint density at radius 1 is 0.905 bits per heavy atom. The van der Waals surface area contributed by atoms with Gasteiger partial charge in [-0.05, 0) is 107 Å². The summed E-state index contributed by atoms with van der Waals surface area (Å²) in [7, 11) is 1.75. The van der Waals surface area contributed by atoms with Crippen LogP contribution < -0.4 is 10.9 Å². The molecule has 0 radical (unpaired) electrons. The number of nitrogens with two attached hydrogens (primary N) is 1. The summed E-state index contributed by atoms with van der Waals surface area (Å²) in [5.74, 6) is 6.21. The lowest BCUT2D eigenvalue weighted by molar-refractivity contribution is 0.632. The number of aryl methyl sites for hydroxylation is 3. The fourth-order valence-corrected chi connectivity index (χ4v) is 5.01. The van der Waals surface area contributed by atoms with Gasteiger partial charge >= 0.3 is 0 Å². The number of rotatable bonds is 0. The lowest BCUT2D eigenvalue weighted by Gasteiger charge is -2.28. The molecule has 0 spiro atoms. The number of hydrazine groups is 1. The fraction of sp³-hybridized carbons (Fsp3) is 0.436. The van der Waals surface area contributed by atoms with Gasteiger partial charge in [-0.3, -0.25) is 5.01 Å². The first kappa shape index (κ1) is 38.6. The van der Waals surface area contributed by atoms with Crippen molar-refractivity contribution < 1.29 is 0 Å². The smallest absolute Gasteiger partial charge is 0.0613 e. The SMILES string of the molecule is C=C1C=CCc2c(ccc3c2C(C)(C)C(C)=C3C)N1N.CC.CC.CC1=C=CC1.CC=NC.Cc1cc(C)cc(C)c1. The molecule has 0 aromatic heterocycles. The van der Waals surface area contributed by atoms with Gasteiger partial charge in [0.2, 0.25) is 0 Å². The Balaban J connectivity index is 0.000000630. The van der Waals surface area contributed by atoms with Crippen LogP contribution in [0.4, 0.5) is 5.69 Å². The van der Waals surface area contributed by atoms with Gasteiger partial charge in [0, 0.05) is 18.9 Å². The Morgan fingerprint density at radius 3 is 1.74 bits per heavy atom. The number of allylic oxidation sites excluding steroid dienone is 5. The molecular weight excluding hydrogens is 510 g/mol. The zero-order valence-corrected chi connectivity index (χ0v) is 29.3. The molecule has 0 saturated heterocycles. The van der Waals surface area contributed by atoms with Crippen molar-refractivity contribution in [2.45, 2.75) is 108 Å². The van der Waals surface area contributed by atoms with Crippen LogP contribution in [0.15, 0.2) is 82.7 Å². The van der Waals surface area contributed by atoms with Crippen molar-refractivity contribution in [1.82, 2.24) is 0 Å². The fourth-order valence-electron chi connectivity index (χ4n) is 5.01. The van der Waals surface area contributed by atoms with Gasteiger partial charge in [-0.2, -0.15) is 0 Å². The van der Waals surface area contributed by atoms with Gasteiger partial charge in [-0.1, -0.05) is 101 Å². The third-order valence-corrected chi connectivity index (χ3v) is 7.40. The van der Waals surface area contributed by atoms with Crippen molar-refractivity contribution >= 4 is 17.5 Å². The zero-order chi connectivity index (χ0) is 32.6. The summed E-state index contributed by atoms with van der Waals surface area (Å²) in [5.41, 5.74) is 17.4. The second kappa shape index (κ2) is 18.9. The summed E-state index contributed by atoms with van der Waals surface area (Å²) in [6, 6.07) is 10.9. The van der Waals surface area contributed by atoms with E-state index >= 15 is 0 Å². The molecule has 230 valence electrons. The number of nitrogens with zero attached hydrogens (tertiary/aromatic N) is 2. The second-order valence-electron chi connectivity index (χ2n) is 10.8. The Morgan fingerprint density at radius 2 is 1.36 bits per heavy atom. The first-order valence-electron chi connectivity index (χ1n) is 15.4. The van der Waals surface area contributed by atoms with Crippen LogP contribution in [-0.4, -0.2) is 13.3 Å². The molecule has 42 heavy (non-hydrogen) atoms. The van der Waals surface area contributed by atoms with Gasteiger partial charge < -0.3 is 4.99 Å². The first-order chi connectivity index (χ1) is 19.8. The van der Waals surface area contributed by atoms with Crippen LogP contribution in [0.3, 0.4) is 0 Å². The maximum atomic E-state index is 6.21. The molecule has 2 aromatic rings. The minimum Gasteiger partial charge on any atom is -0.301 e. The van der Waals surface area contributed by atoms with Crippen LogP contribution in [0.1, 0.15) is 109 Å². The van der Waals surface area contributed by atoms with Crippen LogP contribution in [0.25, 0.3) is 5.57 Å². The highest BCUT2D eigenvalue weighted by molar-refractivity contribution is 5.83. The predicted molar refractivity (Wildman–Crippen MR) is 192 cm³/mol. The molecule has 0 amide bonds. The standard InChI is InChI=1S/C18H22N2.C9H12.C5H6.C3H7N.2C2H6/c1-11-7-6-8-15-16(20(11)19)10-9-14-12(2)13(3)18(4,5)17(14)15;1-7-4-8(2)6-9(3)5-7;1-5-3-2-4-5;1-3-4-2;2*1-2/h6-7,9-10H,1,8,19H2,2-5H3;4-6H,1-3H3;2H,3H2,1H3;3H,1-2H3;2*1-2H3. The number of aliphatic imine (C=N–C) groups is 1. The second-order valence-corrected chi connectivity index (χ2v) is 10.8. The average Bonchev–Trinajstić information content (AvgIpc) is 3.04. The maximum Gasteiger partial charge on any atom is 0.0613 e. The summed E-state index contributed by atoms with van der Waals surface area (Å²) < 4.78 is 0. The van der Waals surface area contributed by atoms with Gasteiger partial charge in [0.15, 0.2) is 0 Å². The molecule has 0 fully saturated rings. The minimum absolute atomic E-state index is 0.0745. The highest BCUT2D eigenvalue weighted by Gasteiger charge is 2.37. The number of hydrogen-bond donors (Lipinski definition) is 1. The van der Waals surface area contributed by atoms with Crippen molar-refractivity contribution in [3.05, 3.63) is 111 Å².